The van der Waals surface area contributed by atoms with Crippen LogP contribution in [-0.4, -0.2) is 35.2 Å². The minimum Gasteiger partial charge on any atom is -0.462 e. The average molecular weight is 276 g/mol. The molecule has 0 bridgehead atoms. The number of hydrogen-bond donors (Lipinski definition) is 2. The van der Waals surface area contributed by atoms with Crippen LogP contribution in [-0.2, 0) is 11.2 Å². The first-order chi connectivity index (χ1) is 9.41. The molecule has 0 saturated carbocycles. The van der Waals surface area contributed by atoms with Gasteiger partial charge in [0.15, 0.2) is 5.78 Å². The number of carbonyl (C=O) groups excluding carboxylic acids is 2. The monoisotopic (exact) mass is 276 g/mol. The van der Waals surface area contributed by atoms with Gasteiger partial charge in [0.2, 0.25) is 0 Å². The van der Waals surface area contributed by atoms with Crippen molar-refractivity contribution in [2.24, 2.45) is 5.41 Å². The van der Waals surface area contributed by atoms with Crippen molar-refractivity contribution in [1.82, 2.24) is 0 Å². The quantitative estimate of drug-likeness (QED) is 0.746. The molecule has 1 heterocycles. The molecule has 5 nitrogen and oxygen atoms in total. The lowest BCUT2D eigenvalue weighted by Gasteiger charge is -2.23. The Balaban J connectivity index is 2.28. The first-order valence-corrected chi connectivity index (χ1v) is 6.59. The molecule has 1 aliphatic heterocycles. The van der Waals surface area contributed by atoms with Crippen molar-refractivity contribution in [3.63, 3.8) is 0 Å². The summed E-state index contributed by atoms with van der Waals surface area (Å²) in [7, 11) is 0. The highest BCUT2D eigenvalue weighted by atomic mass is 16.5. The van der Waals surface area contributed by atoms with E-state index in [1.165, 1.54) is 6.92 Å². The molecule has 3 rings (SSSR count). The molecule has 106 valence electrons. The highest BCUT2D eigenvalue weighted by molar-refractivity contribution is 6.08. The Morgan fingerprint density at radius 2 is 2.15 bits per heavy atom. The SMILES string of the molecule is Cc1c2c(cc3c1C(=O)[C@](C)(CO)[C@@H]3O)C(=O)OCC2. The van der Waals surface area contributed by atoms with Crippen molar-refractivity contribution in [1.29, 1.82) is 0 Å². The molecule has 0 saturated heterocycles. The number of ether oxygens (including phenoxy) is 1. The summed E-state index contributed by atoms with van der Waals surface area (Å²) in [6.07, 6.45) is -0.534. The van der Waals surface area contributed by atoms with E-state index in [2.05, 4.69) is 0 Å². The fourth-order valence-electron chi connectivity index (χ4n) is 3.14. The molecule has 5 heteroatoms. The Morgan fingerprint density at radius 1 is 1.45 bits per heavy atom. The van der Waals surface area contributed by atoms with Gasteiger partial charge in [-0.2, -0.15) is 0 Å². The van der Waals surface area contributed by atoms with E-state index in [-0.39, 0.29) is 5.78 Å². The topological polar surface area (TPSA) is 83.8 Å². The molecule has 0 fully saturated rings. The summed E-state index contributed by atoms with van der Waals surface area (Å²) in [5.74, 6) is -0.684. The van der Waals surface area contributed by atoms with Gasteiger partial charge in [-0.15, -0.1) is 0 Å². The second kappa shape index (κ2) is 4.14. The van der Waals surface area contributed by atoms with E-state index in [4.69, 9.17) is 4.74 Å². The van der Waals surface area contributed by atoms with E-state index in [0.29, 0.717) is 29.7 Å². The molecule has 2 N–H and O–H groups in total. The second-order valence-electron chi connectivity index (χ2n) is 5.69. The number of hydrogen-bond acceptors (Lipinski definition) is 5. The van der Waals surface area contributed by atoms with E-state index >= 15 is 0 Å². The number of esters is 1. The highest BCUT2D eigenvalue weighted by Gasteiger charge is 2.50. The maximum absolute atomic E-state index is 12.5. The summed E-state index contributed by atoms with van der Waals surface area (Å²) in [5, 5.41) is 19.8. The molecule has 0 amide bonds. The van der Waals surface area contributed by atoms with Crippen LogP contribution in [0, 0.1) is 12.3 Å². The first-order valence-electron chi connectivity index (χ1n) is 6.59. The van der Waals surface area contributed by atoms with Gasteiger partial charge in [0, 0.05) is 12.0 Å². The van der Waals surface area contributed by atoms with Gasteiger partial charge in [0.05, 0.1) is 30.3 Å². The number of fused-ring (bicyclic) bond motifs is 2. The Hall–Kier alpha value is -1.72. The van der Waals surface area contributed by atoms with Crippen molar-refractivity contribution in [3.05, 3.63) is 33.9 Å². The largest absolute Gasteiger partial charge is 0.462 e. The van der Waals surface area contributed by atoms with Crippen LogP contribution in [0.4, 0.5) is 0 Å². The smallest absolute Gasteiger partial charge is 0.338 e. The summed E-state index contributed by atoms with van der Waals surface area (Å²) in [5.41, 5.74) is 1.57. The third-order valence-electron chi connectivity index (χ3n) is 4.52. The fraction of sp³-hybridized carbons (Fsp3) is 0.467. The molecular weight excluding hydrogens is 260 g/mol. The third kappa shape index (κ3) is 1.45. The molecule has 1 aromatic carbocycles. The standard InChI is InChI=1S/C15H16O5/c1-7-8-3-4-20-14(19)9(8)5-10-11(7)13(18)15(2,6-16)12(10)17/h5,12,16-17H,3-4,6H2,1-2H3/t12-,15-/m1/s1. The van der Waals surface area contributed by atoms with Gasteiger partial charge >= 0.3 is 5.97 Å². The molecule has 1 aromatic rings. The summed E-state index contributed by atoms with van der Waals surface area (Å²) in [6.45, 7) is 3.19. The van der Waals surface area contributed by atoms with Crippen LogP contribution < -0.4 is 0 Å². The lowest BCUT2D eigenvalue weighted by Crippen LogP contribution is -2.32. The van der Waals surface area contributed by atoms with E-state index in [0.717, 1.165) is 11.1 Å². The maximum Gasteiger partial charge on any atom is 0.338 e. The Bertz CT molecular complexity index is 634. The second-order valence-corrected chi connectivity index (χ2v) is 5.69. The third-order valence-corrected chi connectivity index (χ3v) is 4.52. The van der Waals surface area contributed by atoms with Crippen molar-refractivity contribution in [3.8, 4) is 0 Å². The van der Waals surface area contributed by atoms with Crippen LogP contribution in [0.5, 0.6) is 0 Å². The first kappa shape index (κ1) is 13.3. The Morgan fingerprint density at radius 3 is 2.80 bits per heavy atom. The van der Waals surface area contributed by atoms with E-state index in [9.17, 15) is 19.8 Å². The van der Waals surface area contributed by atoms with Gasteiger partial charge in [-0.3, -0.25) is 4.79 Å². The van der Waals surface area contributed by atoms with Crippen molar-refractivity contribution < 1.29 is 24.5 Å². The molecule has 0 radical (unpaired) electrons. The number of aliphatic hydroxyl groups is 2. The lowest BCUT2D eigenvalue weighted by atomic mass is 9.84. The fourth-order valence-corrected chi connectivity index (χ4v) is 3.14. The van der Waals surface area contributed by atoms with Crippen LogP contribution >= 0.6 is 0 Å². The summed E-state index contributed by atoms with van der Waals surface area (Å²) < 4.78 is 5.00. The summed E-state index contributed by atoms with van der Waals surface area (Å²) in [4.78, 5) is 24.3. The molecule has 0 spiro atoms. The Kier molecular flexibility index (Phi) is 2.74. The van der Waals surface area contributed by atoms with Gasteiger partial charge in [0.25, 0.3) is 0 Å². The van der Waals surface area contributed by atoms with Gasteiger partial charge in [0.1, 0.15) is 0 Å². The average Bonchev–Trinajstić information content (AvgIpc) is 2.63. The number of cyclic esters (lactones) is 1. The highest BCUT2D eigenvalue weighted by Crippen LogP contribution is 2.47. The van der Waals surface area contributed by atoms with Crippen molar-refractivity contribution in [2.45, 2.75) is 26.4 Å². The molecule has 0 unspecified atom stereocenters. The maximum atomic E-state index is 12.5. The molecule has 0 aromatic heterocycles. The van der Waals surface area contributed by atoms with E-state index in [1.54, 1.807) is 13.0 Å². The zero-order valence-corrected chi connectivity index (χ0v) is 11.4. The lowest BCUT2D eigenvalue weighted by molar-refractivity contribution is 0.0130. The van der Waals surface area contributed by atoms with Gasteiger partial charge in [-0.25, -0.2) is 4.79 Å². The van der Waals surface area contributed by atoms with Crippen LogP contribution in [0.15, 0.2) is 6.07 Å². The minimum absolute atomic E-state index is 0.262. The van der Waals surface area contributed by atoms with Crippen molar-refractivity contribution >= 4 is 11.8 Å². The molecule has 2 atom stereocenters. The number of Topliss-reactive ketones (excluding diaryl/α,β-unsaturated/α-hetero) is 1. The van der Waals surface area contributed by atoms with Crippen LogP contribution in [0.1, 0.15) is 50.4 Å². The van der Waals surface area contributed by atoms with Gasteiger partial charge in [-0.05, 0) is 36.6 Å². The van der Waals surface area contributed by atoms with Crippen molar-refractivity contribution in [2.75, 3.05) is 13.2 Å². The predicted molar refractivity (Wildman–Crippen MR) is 69.6 cm³/mol. The number of aliphatic hydroxyl groups excluding tert-OH is 2. The van der Waals surface area contributed by atoms with E-state index in [1.807, 2.05) is 0 Å². The zero-order chi connectivity index (χ0) is 14.7. The van der Waals surface area contributed by atoms with Gasteiger partial charge < -0.3 is 14.9 Å². The predicted octanol–water partition coefficient (Wildman–Crippen LogP) is 0.936. The van der Waals surface area contributed by atoms with E-state index < -0.39 is 24.1 Å². The van der Waals surface area contributed by atoms with Crippen LogP contribution in [0.2, 0.25) is 0 Å². The number of carbonyl (C=O) groups is 2. The summed E-state index contributed by atoms with van der Waals surface area (Å²) >= 11 is 0. The number of rotatable bonds is 1. The summed E-state index contributed by atoms with van der Waals surface area (Å²) in [6, 6.07) is 1.54. The normalized spacial score (nSPS) is 28.1. The number of ketones is 1. The Labute approximate surface area is 116 Å². The minimum atomic E-state index is -1.24. The van der Waals surface area contributed by atoms with Crippen LogP contribution in [0.3, 0.4) is 0 Å². The number of benzene rings is 1. The molecule has 20 heavy (non-hydrogen) atoms. The molecule has 1 aliphatic carbocycles. The zero-order valence-electron chi connectivity index (χ0n) is 11.4. The molecule has 2 aliphatic rings. The van der Waals surface area contributed by atoms with Gasteiger partial charge in [-0.1, -0.05) is 0 Å². The van der Waals surface area contributed by atoms with Crippen LogP contribution in [0.25, 0.3) is 0 Å². The molecular formula is C15H16O5.